The van der Waals surface area contributed by atoms with Crippen molar-refractivity contribution in [2.75, 3.05) is 18.2 Å². The second-order valence-corrected chi connectivity index (χ2v) is 4.27. The molecule has 0 spiro atoms. The molecule has 0 atom stereocenters. The Morgan fingerprint density at radius 2 is 2.11 bits per heavy atom. The summed E-state index contributed by atoms with van der Waals surface area (Å²) in [5.74, 6) is 1.10. The number of pyridine rings is 1. The number of methoxy groups -OCH3 is 1. The van der Waals surface area contributed by atoms with E-state index in [0.717, 1.165) is 16.9 Å². The number of nitrogen functional groups attached to an aromatic ring is 1. The average molecular weight is 264 g/mol. The van der Waals surface area contributed by atoms with Gasteiger partial charge in [0, 0.05) is 17.3 Å². The lowest BCUT2D eigenvalue weighted by molar-refractivity contribution is 0.417. The quantitative estimate of drug-likeness (QED) is 0.891. The molecule has 0 unspecified atom stereocenters. The molecule has 0 bridgehead atoms. The zero-order valence-electron chi connectivity index (χ0n) is 10.2. The number of rotatable bonds is 3. The van der Waals surface area contributed by atoms with Gasteiger partial charge in [-0.25, -0.2) is 4.98 Å². The van der Waals surface area contributed by atoms with Gasteiger partial charge in [-0.05, 0) is 30.7 Å². The van der Waals surface area contributed by atoms with Gasteiger partial charge < -0.3 is 15.8 Å². The Labute approximate surface area is 111 Å². The number of aromatic nitrogens is 1. The van der Waals surface area contributed by atoms with Crippen molar-refractivity contribution in [2.24, 2.45) is 0 Å². The number of nitrogens with two attached hydrogens (primary N) is 1. The number of ether oxygens (including phenoxy) is 1. The Hall–Kier alpha value is -1.94. The van der Waals surface area contributed by atoms with Crippen LogP contribution >= 0.6 is 11.6 Å². The lowest BCUT2D eigenvalue weighted by Crippen LogP contribution is -2.00. The van der Waals surface area contributed by atoms with E-state index in [-0.39, 0.29) is 0 Å². The van der Waals surface area contributed by atoms with Crippen molar-refractivity contribution < 1.29 is 4.74 Å². The molecular formula is C13H14ClN3O. The highest BCUT2D eigenvalue weighted by Crippen LogP contribution is 2.33. The molecule has 1 aromatic carbocycles. The van der Waals surface area contributed by atoms with Gasteiger partial charge in [-0.2, -0.15) is 0 Å². The zero-order chi connectivity index (χ0) is 13.1. The van der Waals surface area contributed by atoms with Crippen LogP contribution in [0.4, 0.5) is 17.2 Å². The fraction of sp³-hybridized carbons (Fsp3) is 0.154. The first-order valence-electron chi connectivity index (χ1n) is 5.43. The van der Waals surface area contributed by atoms with E-state index in [4.69, 9.17) is 22.1 Å². The Kier molecular flexibility index (Phi) is 3.58. The molecule has 1 aromatic heterocycles. The van der Waals surface area contributed by atoms with Gasteiger partial charge in [-0.3, -0.25) is 0 Å². The van der Waals surface area contributed by atoms with Crippen LogP contribution in [0.1, 0.15) is 5.56 Å². The fourth-order valence-corrected chi connectivity index (χ4v) is 1.75. The monoisotopic (exact) mass is 263 g/mol. The summed E-state index contributed by atoms with van der Waals surface area (Å²) in [6.07, 6.45) is 1.64. The van der Waals surface area contributed by atoms with Crippen LogP contribution in [0.2, 0.25) is 5.02 Å². The zero-order valence-corrected chi connectivity index (χ0v) is 11.0. The molecule has 0 saturated carbocycles. The molecule has 0 aliphatic rings. The Morgan fingerprint density at radius 1 is 1.33 bits per heavy atom. The third kappa shape index (κ3) is 2.49. The molecule has 5 heteroatoms. The second-order valence-electron chi connectivity index (χ2n) is 3.86. The summed E-state index contributed by atoms with van der Waals surface area (Å²) >= 11 is 6.05. The van der Waals surface area contributed by atoms with Gasteiger partial charge in [-0.15, -0.1) is 0 Å². The first-order chi connectivity index (χ1) is 8.61. The van der Waals surface area contributed by atoms with E-state index >= 15 is 0 Å². The summed E-state index contributed by atoms with van der Waals surface area (Å²) in [6.45, 7) is 1.93. The number of nitrogens with zero attached hydrogens (tertiary/aromatic N) is 1. The number of benzene rings is 1. The van der Waals surface area contributed by atoms with Crippen LogP contribution in [0.25, 0.3) is 0 Å². The van der Waals surface area contributed by atoms with Crippen LogP contribution in [0.3, 0.4) is 0 Å². The lowest BCUT2D eigenvalue weighted by Gasteiger charge is -2.13. The van der Waals surface area contributed by atoms with Crippen molar-refractivity contribution in [1.29, 1.82) is 0 Å². The molecule has 0 fully saturated rings. The van der Waals surface area contributed by atoms with Gasteiger partial charge in [0.05, 0.1) is 18.5 Å². The first-order valence-corrected chi connectivity index (χ1v) is 5.81. The van der Waals surface area contributed by atoms with Gasteiger partial charge in [-0.1, -0.05) is 11.6 Å². The van der Waals surface area contributed by atoms with Gasteiger partial charge in [0.15, 0.2) is 0 Å². The van der Waals surface area contributed by atoms with E-state index in [1.165, 1.54) is 0 Å². The molecule has 0 amide bonds. The molecule has 0 saturated heterocycles. The Balaban J connectivity index is 2.40. The molecule has 2 aromatic rings. The second kappa shape index (κ2) is 5.14. The van der Waals surface area contributed by atoms with E-state index in [1.54, 1.807) is 19.4 Å². The minimum Gasteiger partial charge on any atom is -0.495 e. The van der Waals surface area contributed by atoms with Gasteiger partial charge in [0.1, 0.15) is 11.6 Å². The van der Waals surface area contributed by atoms with E-state index < -0.39 is 0 Å². The molecule has 0 aliphatic carbocycles. The first kappa shape index (κ1) is 12.5. The number of anilines is 3. The van der Waals surface area contributed by atoms with E-state index in [9.17, 15) is 0 Å². The maximum absolute atomic E-state index is 6.05. The summed E-state index contributed by atoms with van der Waals surface area (Å²) in [5, 5.41) is 3.85. The fourth-order valence-electron chi connectivity index (χ4n) is 1.60. The number of halogens is 1. The molecule has 94 valence electrons. The minimum absolute atomic E-state index is 0.437. The molecular weight excluding hydrogens is 250 g/mol. The molecule has 3 N–H and O–H groups in total. The maximum Gasteiger partial charge on any atom is 0.147 e. The van der Waals surface area contributed by atoms with Crippen LogP contribution in [-0.2, 0) is 0 Å². The number of aryl methyl sites for hydroxylation is 1. The SMILES string of the molecule is COc1cc(Cl)c(C)cc1Nc1cccnc1N. The average Bonchev–Trinajstić information content (AvgIpc) is 2.36. The van der Waals surface area contributed by atoms with E-state index in [0.29, 0.717) is 16.6 Å². The summed E-state index contributed by atoms with van der Waals surface area (Å²) in [5.41, 5.74) is 8.29. The third-order valence-corrected chi connectivity index (χ3v) is 3.00. The summed E-state index contributed by atoms with van der Waals surface area (Å²) in [6, 6.07) is 7.35. The normalized spacial score (nSPS) is 10.2. The van der Waals surface area contributed by atoms with Crippen molar-refractivity contribution in [2.45, 2.75) is 6.92 Å². The summed E-state index contributed by atoms with van der Waals surface area (Å²) < 4.78 is 5.29. The molecule has 1 heterocycles. The van der Waals surface area contributed by atoms with Gasteiger partial charge in [0.2, 0.25) is 0 Å². The highest BCUT2D eigenvalue weighted by Gasteiger charge is 2.08. The molecule has 0 aliphatic heterocycles. The smallest absolute Gasteiger partial charge is 0.147 e. The summed E-state index contributed by atoms with van der Waals surface area (Å²) in [4.78, 5) is 4.02. The maximum atomic E-state index is 6.05. The highest BCUT2D eigenvalue weighted by atomic mass is 35.5. The predicted molar refractivity (Wildman–Crippen MR) is 74.7 cm³/mol. The Morgan fingerprint density at radius 3 is 2.78 bits per heavy atom. The van der Waals surface area contributed by atoms with E-state index in [1.807, 2.05) is 25.1 Å². The van der Waals surface area contributed by atoms with Crippen molar-refractivity contribution in [1.82, 2.24) is 4.98 Å². The van der Waals surface area contributed by atoms with Crippen molar-refractivity contribution in [3.05, 3.63) is 41.0 Å². The van der Waals surface area contributed by atoms with Crippen LogP contribution in [-0.4, -0.2) is 12.1 Å². The van der Waals surface area contributed by atoms with E-state index in [2.05, 4.69) is 10.3 Å². The highest BCUT2D eigenvalue weighted by molar-refractivity contribution is 6.31. The number of hydrogen-bond acceptors (Lipinski definition) is 4. The third-order valence-electron chi connectivity index (χ3n) is 2.59. The molecule has 18 heavy (non-hydrogen) atoms. The topological polar surface area (TPSA) is 60.2 Å². The van der Waals surface area contributed by atoms with Crippen LogP contribution < -0.4 is 15.8 Å². The number of hydrogen-bond donors (Lipinski definition) is 2. The van der Waals surface area contributed by atoms with Crippen LogP contribution in [0, 0.1) is 6.92 Å². The van der Waals surface area contributed by atoms with Crippen LogP contribution in [0.15, 0.2) is 30.5 Å². The molecule has 4 nitrogen and oxygen atoms in total. The van der Waals surface area contributed by atoms with Crippen molar-refractivity contribution in [3.8, 4) is 5.75 Å². The van der Waals surface area contributed by atoms with Crippen LogP contribution in [0.5, 0.6) is 5.75 Å². The van der Waals surface area contributed by atoms with Crippen molar-refractivity contribution >= 4 is 28.8 Å². The minimum atomic E-state index is 0.437. The largest absolute Gasteiger partial charge is 0.495 e. The van der Waals surface area contributed by atoms with Gasteiger partial charge in [0.25, 0.3) is 0 Å². The molecule has 0 radical (unpaired) electrons. The Bertz CT molecular complexity index is 572. The van der Waals surface area contributed by atoms with Crippen molar-refractivity contribution in [3.63, 3.8) is 0 Å². The number of nitrogens with one attached hydrogen (secondary N) is 1. The molecule has 2 rings (SSSR count). The lowest BCUT2D eigenvalue weighted by atomic mass is 10.2. The van der Waals surface area contributed by atoms with Gasteiger partial charge >= 0.3 is 0 Å². The predicted octanol–water partition coefficient (Wildman–Crippen LogP) is 3.38. The standard InChI is InChI=1S/C13H14ClN3O/c1-8-6-11(12(18-2)7-9(8)14)17-10-4-3-5-16-13(10)15/h3-7,17H,1-2H3,(H2,15,16). The summed E-state index contributed by atoms with van der Waals surface area (Å²) in [7, 11) is 1.60.